The van der Waals surface area contributed by atoms with Gasteiger partial charge < -0.3 is 9.72 Å². The Morgan fingerprint density at radius 2 is 2.24 bits per heavy atom. The van der Waals surface area contributed by atoms with Crippen LogP contribution in [0.25, 0.3) is 10.9 Å². The molecule has 1 N–H and O–H groups in total. The average Bonchev–Trinajstić information content (AvgIpc) is 2.39. The van der Waals surface area contributed by atoms with Gasteiger partial charge in [0.1, 0.15) is 5.75 Å². The third-order valence-corrected chi connectivity index (χ3v) is 4.16. The highest BCUT2D eigenvalue weighted by atomic mass is 16.5. The smallest absolute Gasteiger partial charge is 0.255 e. The van der Waals surface area contributed by atoms with Crippen LogP contribution in [-0.2, 0) is 6.42 Å². The molecule has 0 aliphatic heterocycles. The minimum atomic E-state index is -0.0361. The Balaban J connectivity index is 2.03. The molecule has 2 heterocycles. The van der Waals surface area contributed by atoms with Crippen LogP contribution in [0.15, 0.2) is 23.3 Å². The lowest BCUT2D eigenvalue weighted by Gasteiger charge is -2.26. The van der Waals surface area contributed by atoms with E-state index in [-0.39, 0.29) is 5.56 Å². The molecular formula is C17H22N2O2. The third-order valence-electron chi connectivity index (χ3n) is 4.16. The summed E-state index contributed by atoms with van der Waals surface area (Å²) in [5.74, 6) is 1.79. The molecule has 0 saturated heterocycles. The van der Waals surface area contributed by atoms with Crippen LogP contribution in [0.3, 0.4) is 0 Å². The first-order valence-corrected chi connectivity index (χ1v) is 7.77. The van der Waals surface area contributed by atoms with E-state index >= 15 is 0 Å². The van der Waals surface area contributed by atoms with E-state index in [4.69, 9.17) is 4.74 Å². The topological polar surface area (TPSA) is 55.0 Å². The van der Waals surface area contributed by atoms with Crippen molar-refractivity contribution in [3.05, 3.63) is 34.4 Å². The summed E-state index contributed by atoms with van der Waals surface area (Å²) in [7, 11) is 0. The van der Waals surface area contributed by atoms with Crippen molar-refractivity contribution in [2.45, 2.75) is 39.5 Å². The van der Waals surface area contributed by atoms with Gasteiger partial charge in [-0.05, 0) is 37.2 Å². The highest BCUT2D eigenvalue weighted by Gasteiger charge is 2.21. The molecule has 3 rings (SSSR count). The lowest BCUT2D eigenvalue weighted by molar-refractivity contribution is 0.180. The van der Waals surface area contributed by atoms with E-state index < -0.39 is 0 Å². The zero-order chi connectivity index (χ0) is 14.8. The molecule has 0 unspecified atom stereocenters. The quantitative estimate of drug-likeness (QED) is 0.917. The largest absolute Gasteiger partial charge is 0.492 e. The molecule has 112 valence electrons. The normalized spacial score (nSPS) is 15.4. The fourth-order valence-electron chi connectivity index (χ4n) is 2.77. The van der Waals surface area contributed by atoms with Crippen LogP contribution in [0, 0.1) is 11.8 Å². The first kappa shape index (κ1) is 14.1. The maximum atomic E-state index is 12.4. The van der Waals surface area contributed by atoms with Gasteiger partial charge in [-0.15, -0.1) is 0 Å². The van der Waals surface area contributed by atoms with Gasteiger partial charge in [0.2, 0.25) is 0 Å². The zero-order valence-corrected chi connectivity index (χ0v) is 12.7. The Morgan fingerprint density at radius 1 is 1.43 bits per heavy atom. The molecule has 0 atom stereocenters. The maximum Gasteiger partial charge on any atom is 0.255 e. The molecular weight excluding hydrogens is 264 g/mol. The molecule has 0 bridgehead atoms. The van der Waals surface area contributed by atoms with Gasteiger partial charge in [-0.2, -0.15) is 0 Å². The Kier molecular flexibility index (Phi) is 3.95. The molecule has 1 aliphatic rings. The lowest BCUT2D eigenvalue weighted by atomic mass is 9.86. The summed E-state index contributed by atoms with van der Waals surface area (Å²) in [4.78, 5) is 19.5. The van der Waals surface area contributed by atoms with Crippen LogP contribution >= 0.6 is 0 Å². The van der Waals surface area contributed by atoms with Crippen LogP contribution in [0.2, 0.25) is 0 Å². The Labute approximate surface area is 124 Å². The molecule has 1 aliphatic carbocycles. The molecule has 0 radical (unpaired) electrons. The minimum absolute atomic E-state index is 0.0361. The molecule has 0 aromatic carbocycles. The number of pyridine rings is 2. The number of H-pyrrole nitrogens is 1. The summed E-state index contributed by atoms with van der Waals surface area (Å²) in [6, 6.07) is 1.83. The van der Waals surface area contributed by atoms with E-state index in [1.165, 1.54) is 19.3 Å². The molecule has 2 aromatic rings. The first-order valence-electron chi connectivity index (χ1n) is 7.77. The van der Waals surface area contributed by atoms with Crippen LogP contribution in [-0.4, -0.2) is 16.6 Å². The van der Waals surface area contributed by atoms with Gasteiger partial charge in [0.25, 0.3) is 5.56 Å². The predicted octanol–water partition coefficient (Wildman–Crippen LogP) is 3.30. The number of fused-ring (bicyclic) bond motifs is 1. The summed E-state index contributed by atoms with van der Waals surface area (Å²) < 4.78 is 6.08. The summed E-state index contributed by atoms with van der Waals surface area (Å²) in [6.07, 6.45) is 7.96. The Morgan fingerprint density at radius 3 is 2.90 bits per heavy atom. The van der Waals surface area contributed by atoms with Crippen molar-refractivity contribution in [3.63, 3.8) is 0 Å². The Hall–Kier alpha value is -1.84. The Bertz CT molecular complexity index is 687. The number of hydrogen-bond donors (Lipinski definition) is 1. The van der Waals surface area contributed by atoms with Gasteiger partial charge in [-0.3, -0.25) is 9.78 Å². The van der Waals surface area contributed by atoms with Crippen molar-refractivity contribution in [1.29, 1.82) is 0 Å². The van der Waals surface area contributed by atoms with Crippen molar-refractivity contribution >= 4 is 10.9 Å². The summed E-state index contributed by atoms with van der Waals surface area (Å²) in [6.45, 7) is 4.93. The number of ether oxygens (including phenoxy) is 1. The number of aromatic amines is 1. The maximum absolute atomic E-state index is 12.4. The van der Waals surface area contributed by atoms with Gasteiger partial charge in [-0.25, -0.2) is 0 Å². The summed E-state index contributed by atoms with van der Waals surface area (Å²) in [5.41, 5.74) is 1.52. The monoisotopic (exact) mass is 286 g/mol. The highest BCUT2D eigenvalue weighted by Crippen LogP contribution is 2.31. The first-order chi connectivity index (χ1) is 10.1. The molecule has 4 heteroatoms. The van der Waals surface area contributed by atoms with E-state index in [0.29, 0.717) is 18.4 Å². The van der Waals surface area contributed by atoms with Gasteiger partial charge in [0, 0.05) is 12.4 Å². The fourth-order valence-corrected chi connectivity index (χ4v) is 2.77. The highest BCUT2D eigenvalue weighted by molar-refractivity contribution is 5.85. The van der Waals surface area contributed by atoms with Crippen LogP contribution in [0.5, 0.6) is 5.75 Å². The minimum Gasteiger partial charge on any atom is -0.492 e. The molecule has 1 saturated carbocycles. The lowest BCUT2D eigenvalue weighted by Crippen LogP contribution is -2.22. The van der Waals surface area contributed by atoms with Gasteiger partial charge in [-0.1, -0.05) is 20.3 Å². The van der Waals surface area contributed by atoms with Gasteiger partial charge in [0.05, 0.1) is 23.1 Å². The molecule has 1 fully saturated rings. The van der Waals surface area contributed by atoms with Crippen molar-refractivity contribution in [2.75, 3.05) is 6.61 Å². The van der Waals surface area contributed by atoms with Crippen LogP contribution in [0.1, 0.15) is 38.7 Å². The molecule has 2 aromatic heterocycles. The third kappa shape index (κ3) is 2.94. The predicted molar refractivity (Wildman–Crippen MR) is 83.7 cm³/mol. The average molecular weight is 286 g/mol. The molecule has 0 spiro atoms. The zero-order valence-electron chi connectivity index (χ0n) is 12.7. The van der Waals surface area contributed by atoms with E-state index in [2.05, 4.69) is 23.8 Å². The van der Waals surface area contributed by atoms with E-state index in [1.807, 2.05) is 6.07 Å². The second kappa shape index (κ2) is 5.88. The molecule has 21 heavy (non-hydrogen) atoms. The van der Waals surface area contributed by atoms with Crippen molar-refractivity contribution in [3.8, 4) is 5.75 Å². The summed E-state index contributed by atoms with van der Waals surface area (Å²) >= 11 is 0. The number of rotatable bonds is 5. The molecule has 0 amide bonds. The number of hydrogen-bond acceptors (Lipinski definition) is 3. The van der Waals surface area contributed by atoms with Crippen molar-refractivity contribution in [2.24, 2.45) is 11.8 Å². The summed E-state index contributed by atoms with van der Waals surface area (Å²) in [5, 5.41) is 0.909. The second-order valence-electron chi connectivity index (χ2n) is 6.39. The number of nitrogens with one attached hydrogen (secondary N) is 1. The standard InChI is InChI=1S/C17H22N2O2/c1-11(2)8-13-16(21-10-12-4-3-5-12)14-9-18-7-6-15(14)19-17(13)20/h6-7,9,11-12H,3-5,8,10H2,1-2H3,(H,19,20). The second-order valence-corrected chi connectivity index (χ2v) is 6.39. The van der Waals surface area contributed by atoms with Crippen LogP contribution < -0.4 is 10.3 Å². The molecule has 4 nitrogen and oxygen atoms in total. The van der Waals surface area contributed by atoms with E-state index in [0.717, 1.165) is 28.6 Å². The van der Waals surface area contributed by atoms with E-state index in [9.17, 15) is 4.79 Å². The van der Waals surface area contributed by atoms with E-state index in [1.54, 1.807) is 12.4 Å². The van der Waals surface area contributed by atoms with Gasteiger partial charge in [0.15, 0.2) is 0 Å². The fraction of sp³-hybridized carbons (Fsp3) is 0.529. The number of aromatic nitrogens is 2. The van der Waals surface area contributed by atoms with Crippen LogP contribution in [0.4, 0.5) is 0 Å². The van der Waals surface area contributed by atoms with Crippen molar-refractivity contribution < 1.29 is 4.74 Å². The van der Waals surface area contributed by atoms with Crippen molar-refractivity contribution in [1.82, 2.24) is 9.97 Å². The van der Waals surface area contributed by atoms with Gasteiger partial charge >= 0.3 is 0 Å². The number of nitrogens with zero attached hydrogens (tertiary/aromatic N) is 1. The SMILES string of the molecule is CC(C)Cc1c(OCC2CCC2)c2cnccc2[nH]c1=O.